The molecule has 1 aliphatic heterocycles. The summed E-state index contributed by atoms with van der Waals surface area (Å²) >= 11 is 0. The molecule has 1 aliphatic rings. The fourth-order valence-electron chi connectivity index (χ4n) is 3.84. The van der Waals surface area contributed by atoms with E-state index in [9.17, 15) is 4.79 Å². The summed E-state index contributed by atoms with van der Waals surface area (Å²) in [4.78, 5) is 22.4. The predicted octanol–water partition coefficient (Wildman–Crippen LogP) is 3.43. The topological polar surface area (TPSA) is 58.2 Å². The van der Waals surface area contributed by atoms with Crippen molar-refractivity contribution in [3.63, 3.8) is 0 Å². The summed E-state index contributed by atoms with van der Waals surface area (Å²) in [6.07, 6.45) is 7.23. The zero-order chi connectivity index (χ0) is 17.9. The number of carbonyl (C=O) groups excluding carboxylic acids is 1. The number of H-pyrrole nitrogens is 1. The molecule has 0 unspecified atom stereocenters. The smallest absolute Gasteiger partial charge is 0.254 e. The van der Waals surface area contributed by atoms with E-state index in [-0.39, 0.29) is 18.1 Å². The number of aromatic nitrogens is 2. The Morgan fingerprint density at radius 1 is 1.27 bits per heavy atom. The van der Waals surface area contributed by atoms with E-state index < -0.39 is 0 Å². The minimum Gasteiger partial charge on any atom is -0.376 e. The molecule has 1 saturated heterocycles. The van der Waals surface area contributed by atoms with E-state index in [0.717, 1.165) is 35.9 Å². The van der Waals surface area contributed by atoms with Crippen LogP contribution in [0.1, 0.15) is 29.3 Å². The first-order chi connectivity index (χ1) is 12.8. The van der Waals surface area contributed by atoms with Gasteiger partial charge in [-0.2, -0.15) is 0 Å². The lowest BCUT2D eigenvalue weighted by molar-refractivity contribution is 0.0312. The number of benzene rings is 1. The van der Waals surface area contributed by atoms with E-state index >= 15 is 0 Å². The quantitative estimate of drug-likeness (QED) is 0.768. The molecular formula is C21H23N3O2. The number of fused-ring (bicyclic) bond motifs is 1. The van der Waals surface area contributed by atoms with Crippen molar-refractivity contribution < 1.29 is 9.53 Å². The van der Waals surface area contributed by atoms with Crippen LogP contribution in [0, 0.1) is 0 Å². The van der Waals surface area contributed by atoms with Crippen LogP contribution in [0.4, 0.5) is 0 Å². The van der Waals surface area contributed by atoms with Gasteiger partial charge in [-0.05, 0) is 61.7 Å². The van der Waals surface area contributed by atoms with Crippen LogP contribution in [0.3, 0.4) is 0 Å². The molecule has 0 saturated carbocycles. The summed E-state index contributed by atoms with van der Waals surface area (Å²) in [5.74, 6) is 0.0781. The Labute approximate surface area is 153 Å². The number of ether oxygens (including phenoxy) is 1. The average molecular weight is 349 g/mol. The summed E-state index contributed by atoms with van der Waals surface area (Å²) < 4.78 is 5.95. The Morgan fingerprint density at radius 3 is 2.92 bits per heavy atom. The summed E-state index contributed by atoms with van der Waals surface area (Å²) in [6.45, 7) is 3.40. The van der Waals surface area contributed by atoms with Gasteiger partial charge in [0.15, 0.2) is 0 Å². The van der Waals surface area contributed by atoms with Crippen molar-refractivity contribution in [1.82, 2.24) is 14.9 Å². The molecule has 0 aliphatic carbocycles. The van der Waals surface area contributed by atoms with Crippen LogP contribution in [0.5, 0.6) is 0 Å². The van der Waals surface area contributed by atoms with Gasteiger partial charge in [0.25, 0.3) is 5.91 Å². The van der Waals surface area contributed by atoms with Gasteiger partial charge < -0.3 is 14.6 Å². The van der Waals surface area contributed by atoms with Gasteiger partial charge >= 0.3 is 0 Å². The van der Waals surface area contributed by atoms with Gasteiger partial charge in [0.05, 0.1) is 12.1 Å². The maximum Gasteiger partial charge on any atom is 0.254 e. The molecule has 1 N–H and O–H groups in total. The van der Waals surface area contributed by atoms with Crippen molar-refractivity contribution in [3.8, 4) is 0 Å². The molecular weight excluding hydrogens is 326 g/mol. The molecule has 2 atom stereocenters. The maximum absolute atomic E-state index is 13.2. The Hall–Kier alpha value is -2.66. The Balaban J connectivity index is 1.60. The molecule has 0 radical (unpaired) electrons. The molecule has 134 valence electrons. The van der Waals surface area contributed by atoms with E-state index in [1.807, 2.05) is 54.4 Å². The standard InChI is InChI=1S/C21H23N3O2/c1-2-26-20-8-12-24(19(20)13-15-5-9-22-10-6-15)21(25)17-3-4-18-16(14-17)7-11-23-18/h3-7,9-11,14,19-20,23H,2,8,12-13H2,1H3/t19-,20-/m0/s1. The highest BCUT2D eigenvalue weighted by Gasteiger charge is 2.37. The minimum atomic E-state index is 0.0479. The van der Waals surface area contributed by atoms with Crippen LogP contribution in [0.15, 0.2) is 55.0 Å². The zero-order valence-electron chi connectivity index (χ0n) is 14.9. The molecule has 0 bridgehead atoms. The number of nitrogens with one attached hydrogen (secondary N) is 1. The molecule has 4 rings (SSSR count). The average Bonchev–Trinajstić information content (AvgIpc) is 3.29. The second-order valence-electron chi connectivity index (χ2n) is 6.69. The van der Waals surface area contributed by atoms with E-state index in [0.29, 0.717) is 6.61 Å². The van der Waals surface area contributed by atoms with Gasteiger partial charge in [0.2, 0.25) is 0 Å². The highest BCUT2D eigenvalue weighted by atomic mass is 16.5. The molecule has 26 heavy (non-hydrogen) atoms. The SMILES string of the molecule is CCO[C@H]1CCN(C(=O)c2ccc3[nH]ccc3c2)[C@H]1Cc1ccncc1. The van der Waals surface area contributed by atoms with E-state index in [1.54, 1.807) is 12.4 Å². The molecule has 5 nitrogen and oxygen atoms in total. The number of hydrogen-bond acceptors (Lipinski definition) is 3. The Morgan fingerprint density at radius 2 is 2.12 bits per heavy atom. The largest absolute Gasteiger partial charge is 0.376 e. The Kier molecular flexibility index (Phi) is 4.71. The number of nitrogens with zero attached hydrogens (tertiary/aromatic N) is 2. The highest BCUT2D eigenvalue weighted by Crippen LogP contribution is 2.27. The lowest BCUT2D eigenvalue weighted by Crippen LogP contribution is -2.42. The minimum absolute atomic E-state index is 0.0479. The molecule has 2 aromatic heterocycles. The zero-order valence-corrected chi connectivity index (χ0v) is 14.9. The maximum atomic E-state index is 13.2. The lowest BCUT2D eigenvalue weighted by Gasteiger charge is -2.28. The fourth-order valence-corrected chi connectivity index (χ4v) is 3.84. The molecule has 3 aromatic rings. The van der Waals surface area contributed by atoms with Crippen LogP contribution in [-0.4, -0.2) is 46.1 Å². The van der Waals surface area contributed by atoms with E-state index in [2.05, 4.69) is 9.97 Å². The number of rotatable bonds is 5. The van der Waals surface area contributed by atoms with Crippen LogP contribution < -0.4 is 0 Å². The van der Waals surface area contributed by atoms with Crippen molar-refractivity contribution in [3.05, 3.63) is 66.1 Å². The first-order valence-corrected chi connectivity index (χ1v) is 9.15. The monoisotopic (exact) mass is 349 g/mol. The van der Waals surface area contributed by atoms with Gasteiger partial charge in [0.1, 0.15) is 0 Å². The van der Waals surface area contributed by atoms with Crippen molar-refractivity contribution in [2.75, 3.05) is 13.2 Å². The van der Waals surface area contributed by atoms with Crippen molar-refractivity contribution in [2.45, 2.75) is 31.9 Å². The fraction of sp³-hybridized carbons (Fsp3) is 0.333. The summed E-state index contributed by atoms with van der Waals surface area (Å²) in [6, 6.07) is 11.9. The summed E-state index contributed by atoms with van der Waals surface area (Å²) in [5.41, 5.74) is 2.95. The molecule has 5 heteroatoms. The van der Waals surface area contributed by atoms with Gasteiger partial charge in [-0.25, -0.2) is 0 Å². The van der Waals surface area contributed by atoms with Gasteiger partial charge in [-0.3, -0.25) is 9.78 Å². The third-order valence-corrected chi connectivity index (χ3v) is 5.12. The number of aromatic amines is 1. The van der Waals surface area contributed by atoms with Gasteiger partial charge in [-0.1, -0.05) is 0 Å². The van der Waals surface area contributed by atoms with Crippen LogP contribution in [0.2, 0.25) is 0 Å². The van der Waals surface area contributed by atoms with Crippen molar-refractivity contribution in [1.29, 1.82) is 0 Å². The highest BCUT2D eigenvalue weighted by molar-refractivity contribution is 5.98. The number of hydrogen-bond donors (Lipinski definition) is 1. The summed E-state index contributed by atoms with van der Waals surface area (Å²) in [7, 11) is 0. The number of pyridine rings is 1. The predicted molar refractivity (Wildman–Crippen MR) is 101 cm³/mol. The van der Waals surface area contributed by atoms with E-state index in [4.69, 9.17) is 4.74 Å². The molecule has 1 amide bonds. The second-order valence-corrected chi connectivity index (χ2v) is 6.69. The van der Waals surface area contributed by atoms with Crippen molar-refractivity contribution in [2.24, 2.45) is 0 Å². The van der Waals surface area contributed by atoms with Crippen LogP contribution in [-0.2, 0) is 11.2 Å². The third kappa shape index (κ3) is 3.22. The third-order valence-electron chi connectivity index (χ3n) is 5.12. The number of likely N-dealkylation sites (tertiary alicyclic amines) is 1. The van der Waals surface area contributed by atoms with Gasteiger partial charge in [-0.15, -0.1) is 0 Å². The molecule has 3 heterocycles. The van der Waals surface area contributed by atoms with E-state index in [1.165, 1.54) is 5.56 Å². The van der Waals surface area contributed by atoms with Crippen LogP contribution >= 0.6 is 0 Å². The van der Waals surface area contributed by atoms with Crippen LogP contribution in [0.25, 0.3) is 10.9 Å². The molecule has 0 spiro atoms. The van der Waals surface area contributed by atoms with Crippen molar-refractivity contribution >= 4 is 16.8 Å². The Bertz CT molecular complexity index is 890. The summed E-state index contributed by atoms with van der Waals surface area (Å²) in [5, 5.41) is 1.06. The first-order valence-electron chi connectivity index (χ1n) is 9.15. The lowest BCUT2D eigenvalue weighted by atomic mass is 10.0. The number of carbonyl (C=O) groups is 1. The molecule has 1 aromatic carbocycles. The second kappa shape index (κ2) is 7.30. The normalized spacial score (nSPS) is 20.0. The first kappa shape index (κ1) is 16.8. The number of amides is 1. The molecule has 1 fully saturated rings. The van der Waals surface area contributed by atoms with Gasteiger partial charge in [0, 0.05) is 48.2 Å².